The second-order valence-corrected chi connectivity index (χ2v) is 6.55. The summed E-state index contributed by atoms with van der Waals surface area (Å²) in [5.74, 6) is 1.21. The number of benzene rings is 1. The van der Waals surface area contributed by atoms with Crippen molar-refractivity contribution in [3.63, 3.8) is 0 Å². The van der Waals surface area contributed by atoms with Crippen molar-refractivity contribution in [3.8, 4) is 22.1 Å². The molecular formula is C17H16N2O3S2. The van der Waals surface area contributed by atoms with Gasteiger partial charge in [0.2, 0.25) is 0 Å². The summed E-state index contributed by atoms with van der Waals surface area (Å²) >= 11 is 3.07. The third-order valence-corrected chi connectivity index (χ3v) is 5.01. The monoisotopic (exact) mass is 360 g/mol. The van der Waals surface area contributed by atoms with Crippen molar-refractivity contribution >= 4 is 28.6 Å². The molecule has 0 atom stereocenters. The number of nitrogens with one attached hydrogen (secondary N) is 1. The number of nitrogens with zero attached hydrogens (tertiary/aromatic N) is 1. The van der Waals surface area contributed by atoms with Crippen molar-refractivity contribution in [2.75, 3.05) is 14.2 Å². The summed E-state index contributed by atoms with van der Waals surface area (Å²) in [4.78, 5) is 16.7. The standard InChI is InChI=1S/C17H16N2O3S2/c1-21-13-3-4-15(22-2)12(7-13)8-18-16(20)14-10-24-17(19-14)11-5-6-23-9-11/h3-7,9-10H,8H2,1-2H3,(H,18,20). The Balaban J connectivity index is 1.70. The second kappa shape index (κ2) is 7.46. The zero-order valence-electron chi connectivity index (χ0n) is 13.2. The number of rotatable bonds is 6. The molecule has 0 saturated heterocycles. The maximum atomic E-state index is 12.3. The van der Waals surface area contributed by atoms with Gasteiger partial charge in [0.25, 0.3) is 5.91 Å². The van der Waals surface area contributed by atoms with Gasteiger partial charge in [-0.2, -0.15) is 11.3 Å². The van der Waals surface area contributed by atoms with Crippen molar-refractivity contribution in [2.45, 2.75) is 6.54 Å². The van der Waals surface area contributed by atoms with Crippen LogP contribution in [0.2, 0.25) is 0 Å². The average Bonchev–Trinajstić information content (AvgIpc) is 3.30. The molecule has 1 amide bonds. The Hall–Kier alpha value is -2.38. The molecule has 5 nitrogen and oxygen atoms in total. The molecule has 2 aromatic heterocycles. The fraction of sp³-hybridized carbons (Fsp3) is 0.176. The van der Waals surface area contributed by atoms with E-state index in [9.17, 15) is 4.79 Å². The van der Waals surface area contributed by atoms with Crippen LogP contribution in [0.1, 0.15) is 16.1 Å². The molecule has 3 aromatic rings. The zero-order chi connectivity index (χ0) is 16.9. The molecule has 2 heterocycles. The number of thiophene rings is 1. The van der Waals surface area contributed by atoms with E-state index in [1.165, 1.54) is 11.3 Å². The van der Waals surface area contributed by atoms with Crippen molar-refractivity contribution in [3.05, 3.63) is 51.7 Å². The molecule has 0 saturated carbocycles. The first-order valence-corrected chi connectivity index (χ1v) is 9.00. The van der Waals surface area contributed by atoms with Gasteiger partial charge in [-0.25, -0.2) is 4.98 Å². The third kappa shape index (κ3) is 3.58. The predicted octanol–water partition coefficient (Wildman–Crippen LogP) is 3.82. The number of carbonyl (C=O) groups excluding carboxylic acids is 1. The summed E-state index contributed by atoms with van der Waals surface area (Å²) in [7, 11) is 3.20. The van der Waals surface area contributed by atoms with E-state index in [1.54, 1.807) is 30.9 Å². The number of carbonyl (C=O) groups is 1. The summed E-state index contributed by atoms with van der Waals surface area (Å²) in [6.45, 7) is 0.338. The van der Waals surface area contributed by atoms with Gasteiger partial charge < -0.3 is 14.8 Å². The number of hydrogen-bond donors (Lipinski definition) is 1. The summed E-state index contributed by atoms with van der Waals surface area (Å²) in [5.41, 5.74) is 2.31. The highest BCUT2D eigenvalue weighted by Gasteiger charge is 2.13. The Labute approximate surface area is 147 Å². The number of ether oxygens (including phenoxy) is 2. The first kappa shape index (κ1) is 16.5. The summed E-state index contributed by atoms with van der Waals surface area (Å²) in [5, 5.41) is 9.50. The van der Waals surface area contributed by atoms with E-state index in [-0.39, 0.29) is 5.91 Å². The van der Waals surface area contributed by atoms with Gasteiger partial charge in [0, 0.05) is 28.4 Å². The Bertz CT molecular complexity index is 828. The first-order chi connectivity index (χ1) is 11.7. The smallest absolute Gasteiger partial charge is 0.271 e. The molecule has 24 heavy (non-hydrogen) atoms. The maximum Gasteiger partial charge on any atom is 0.271 e. The Morgan fingerprint density at radius 3 is 2.79 bits per heavy atom. The SMILES string of the molecule is COc1ccc(OC)c(CNC(=O)c2csc(-c3ccsc3)n2)c1. The van der Waals surface area contributed by atoms with E-state index in [1.807, 2.05) is 35.0 Å². The lowest BCUT2D eigenvalue weighted by molar-refractivity contribution is 0.0946. The normalized spacial score (nSPS) is 10.4. The predicted molar refractivity (Wildman–Crippen MR) is 96.1 cm³/mol. The minimum absolute atomic E-state index is 0.211. The summed E-state index contributed by atoms with van der Waals surface area (Å²) in [6, 6.07) is 7.47. The van der Waals surface area contributed by atoms with E-state index in [2.05, 4.69) is 10.3 Å². The number of hydrogen-bond acceptors (Lipinski definition) is 6. The lowest BCUT2D eigenvalue weighted by Crippen LogP contribution is -2.23. The van der Waals surface area contributed by atoms with Crippen molar-refractivity contribution < 1.29 is 14.3 Å². The van der Waals surface area contributed by atoms with Gasteiger partial charge in [-0.15, -0.1) is 11.3 Å². The van der Waals surface area contributed by atoms with Crippen LogP contribution in [0, 0.1) is 0 Å². The molecule has 0 fully saturated rings. The number of thiazole rings is 1. The molecule has 7 heteroatoms. The van der Waals surface area contributed by atoms with E-state index in [4.69, 9.17) is 9.47 Å². The zero-order valence-corrected chi connectivity index (χ0v) is 14.9. The Morgan fingerprint density at radius 2 is 2.08 bits per heavy atom. The highest BCUT2D eigenvalue weighted by Crippen LogP contribution is 2.26. The summed E-state index contributed by atoms with van der Waals surface area (Å²) < 4.78 is 10.5. The van der Waals surface area contributed by atoms with Crippen molar-refractivity contribution in [2.24, 2.45) is 0 Å². The molecular weight excluding hydrogens is 344 g/mol. The molecule has 124 valence electrons. The lowest BCUT2D eigenvalue weighted by Gasteiger charge is -2.11. The minimum atomic E-state index is -0.211. The first-order valence-electron chi connectivity index (χ1n) is 7.18. The topological polar surface area (TPSA) is 60.5 Å². The van der Waals surface area contributed by atoms with Crippen LogP contribution in [0.3, 0.4) is 0 Å². The van der Waals surface area contributed by atoms with E-state index < -0.39 is 0 Å². The van der Waals surface area contributed by atoms with Gasteiger partial charge >= 0.3 is 0 Å². The Kier molecular flexibility index (Phi) is 5.12. The van der Waals surface area contributed by atoms with Crippen LogP contribution < -0.4 is 14.8 Å². The van der Waals surface area contributed by atoms with Gasteiger partial charge in [0.1, 0.15) is 22.2 Å². The van der Waals surface area contributed by atoms with Crippen LogP contribution in [-0.4, -0.2) is 25.1 Å². The molecule has 0 aliphatic rings. The molecule has 0 bridgehead atoms. The van der Waals surface area contributed by atoms with Crippen LogP contribution in [0.15, 0.2) is 40.4 Å². The molecule has 1 aromatic carbocycles. The minimum Gasteiger partial charge on any atom is -0.497 e. The van der Waals surface area contributed by atoms with Crippen LogP contribution >= 0.6 is 22.7 Å². The molecule has 0 spiro atoms. The van der Waals surface area contributed by atoms with Crippen LogP contribution in [0.5, 0.6) is 11.5 Å². The van der Waals surface area contributed by atoms with Crippen LogP contribution in [-0.2, 0) is 6.54 Å². The van der Waals surface area contributed by atoms with E-state index >= 15 is 0 Å². The number of amides is 1. The van der Waals surface area contributed by atoms with Gasteiger partial charge in [-0.05, 0) is 29.6 Å². The third-order valence-electron chi connectivity index (χ3n) is 3.43. The summed E-state index contributed by atoms with van der Waals surface area (Å²) in [6.07, 6.45) is 0. The maximum absolute atomic E-state index is 12.3. The highest BCUT2D eigenvalue weighted by atomic mass is 32.1. The lowest BCUT2D eigenvalue weighted by atomic mass is 10.2. The van der Waals surface area contributed by atoms with Gasteiger partial charge in [-0.1, -0.05) is 0 Å². The van der Waals surface area contributed by atoms with Gasteiger partial charge in [0.15, 0.2) is 0 Å². The van der Waals surface area contributed by atoms with Crippen molar-refractivity contribution in [1.29, 1.82) is 0 Å². The molecule has 3 rings (SSSR count). The van der Waals surface area contributed by atoms with E-state index in [0.717, 1.165) is 16.1 Å². The van der Waals surface area contributed by atoms with Crippen LogP contribution in [0.4, 0.5) is 0 Å². The fourth-order valence-electron chi connectivity index (χ4n) is 2.18. The van der Waals surface area contributed by atoms with Crippen LogP contribution in [0.25, 0.3) is 10.6 Å². The average molecular weight is 360 g/mol. The largest absolute Gasteiger partial charge is 0.497 e. The van der Waals surface area contributed by atoms with Crippen molar-refractivity contribution in [1.82, 2.24) is 10.3 Å². The highest BCUT2D eigenvalue weighted by molar-refractivity contribution is 7.14. The second-order valence-electron chi connectivity index (χ2n) is 4.91. The molecule has 0 aliphatic carbocycles. The fourth-order valence-corrected chi connectivity index (χ4v) is 3.70. The molecule has 1 N–H and O–H groups in total. The molecule has 0 aliphatic heterocycles. The van der Waals surface area contributed by atoms with E-state index in [0.29, 0.717) is 23.7 Å². The Morgan fingerprint density at radius 1 is 1.21 bits per heavy atom. The molecule has 0 radical (unpaired) electrons. The number of methoxy groups -OCH3 is 2. The quantitative estimate of drug-likeness (QED) is 0.726. The number of aromatic nitrogens is 1. The van der Waals surface area contributed by atoms with Gasteiger partial charge in [0.05, 0.1) is 14.2 Å². The molecule has 0 unspecified atom stereocenters. The van der Waals surface area contributed by atoms with Gasteiger partial charge in [-0.3, -0.25) is 4.79 Å².